The summed E-state index contributed by atoms with van der Waals surface area (Å²) in [5.74, 6) is -3.69. The van der Waals surface area contributed by atoms with Crippen LogP contribution >= 0.6 is 23.2 Å². The van der Waals surface area contributed by atoms with Gasteiger partial charge in [0, 0.05) is 16.1 Å². The Morgan fingerprint density at radius 1 is 1.17 bits per heavy atom. The summed E-state index contributed by atoms with van der Waals surface area (Å²) in [6.45, 7) is 7.17. The molecular formula is C23H20Cl2F2O3. The molecule has 1 spiro atoms. The number of hydrogen-bond donors (Lipinski definition) is 0. The van der Waals surface area contributed by atoms with Crippen LogP contribution in [0.2, 0.25) is 10.0 Å². The molecule has 0 amide bonds. The summed E-state index contributed by atoms with van der Waals surface area (Å²) < 4.78 is 41.1. The van der Waals surface area contributed by atoms with Gasteiger partial charge in [-0.2, -0.15) is 8.78 Å². The van der Waals surface area contributed by atoms with Gasteiger partial charge in [0.2, 0.25) is 0 Å². The predicted octanol–water partition coefficient (Wildman–Crippen LogP) is 6.67. The van der Waals surface area contributed by atoms with E-state index in [9.17, 15) is 4.79 Å². The highest BCUT2D eigenvalue weighted by Gasteiger charge is 2.69. The molecular weight excluding hydrogens is 433 g/mol. The Hall–Kier alpha value is -1.95. The SMILES string of the molecule is Cc1cc(C2=CC3(OC2)c2cc(Cl)cc(Cl)c2C3(F)F)ccc1C(=O)OC(C)(C)C. The molecule has 158 valence electrons. The molecule has 2 aliphatic rings. The third-order valence-corrected chi connectivity index (χ3v) is 5.80. The molecule has 1 aliphatic heterocycles. The fourth-order valence-electron chi connectivity index (χ4n) is 3.93. The smallest absolute Gasteiger partial charge is 0.338 e. The van der Waals surface area contributed by atoms with E-state index in [4.69, 9.17) is 32.7 Å². The molecule has 1 unspecified atom stereocenters. The maximum Gasteiger partial charge on any atom is 0.338 e. The highest BCUT2D eigenvalue weighted by Crippen LogP contribution is 2.64. The third kappa shape index (κ3) is 3.15. The number of carbonyl (C=O) groups is 1. The normalized spacial score (nSPS) is 21.8. The Morgan fingerprint density at radius 3 is 2.50 bits per heavy atom. The van der Waals surface area contributed by atoms with Gasteiger partial charge in [-0.1, -0.05) is 35.3 Å². The maximum atomic E-state index is 15.0. The molecule has 0 saturated carbocycles. The summed E-state index contributed by atoms with van der Waals surface area (Å²) in [4.78, 5) is 12.4. The number of ether oxygens (including phenoxy) is 2. The minimum absolute atomic E-state index is 0.00435. The van der Waals surface area contributed by atoms with Gasteiger partial charge in [-0.3, -0.25) is 0 Å². The van der Waals surface area contributed by atoms with E-state index < -0.39 is 23.1 Å². The zero-order valence-electron chi connectivity index (χ0n) is 16.9. The summed E-state index contributed by atoms with van der Waals surface area (Å²) in [6.07, 6.45) is 1.43. The minimum Gasteiger partial charge on any atom is -0.456 e. The largest absolute Gasteiger partial charge is 0.456 e. The maximum absolute atomic E-state index is 15.0. The van der Waals surface area contributed by atoms with Crippen molar-refractivity contribution in [2.75, 3.05) is 6.61 Å². The molecule has 0 N–H and O–H groups in total. The Balaban J connectivity index is 1.70. The number of hydrogen-bond acceptors (Lipinski definition) is 3. The Morgan fingerprint density at radius 2 is 1.87 bits per heavy atom. The second-order valence-electron chi connectivity index (χ2n) is 8.61. The van der Waals surface area contributed by atoms with Crippen molar-refractivity contribution in [3.63, 3.8) is 0 Å². The number of alkyl halides is 2. The van der Waals surface area contributed by atoms with Gasteiger partial charge in [0.1, 0.15) is 5.60 Å². The summed E-state index contributed by atoms with van der Waals surface area (Å²) in [6, 6.07) is 7.90. The van der Waals surface area contributed by atoms with E-state index in [1.807, 2.05) is 0 Å². The zero-order chi connectivity index (χ0) is 22.1. The second kappa shape index (κ2) is 6.78. The lowest BCUT2D eigenvalue weighted by molar-refractivity contribution is -0.212. The standard InChI is InChI=1S/C23H20Cl2F2O3/c1-12-7-13(5-6-16(12)20(28)30-21(2,3)4)14-10-22(29-11-14)17-8-15(24)9-18(25)19(17)23(22,26)27/h5-10H,11H2,1-4H3. The molecule has 0 saturated heterocycles. The Kier molecular flexibility index (Phi) is 4.81. The summed E-state index contributed by atoms with van der Waals surface area (Å²) >= 11 is 12.0. The molecule has 0 radical (unpaired) electrons. The molecule has 3 nitrogen and oxygen atoms in total. The van der Waals surface area contributed by atoms with Gasteiger partial charge in [0.05, 0.1) is 17.2 Å². The first-order valence-electron chi connectivity index (χ1n) is 9.43. The van der Waals surface area contributed by atoms with Crippen LogP contribution in [-0.4, -0.2) is 18.2 Å². The van der Waals surface area contributed by atoms with Gasteiger partial charge in [0.25, 0.3) is 0 Å². The van der Waals surface area contributed by atoms with E-state index in [1.165, 1.54) is 18.2 Å². The first-order valence-corrected chi connectivity index (χ1v) is 10.2. The number of esters is 1. The Labute approximate surface area is 183 Å². The van der Waals surface area contributed by atoms with Gasteiger partial charge in [0.15, 0.2) is 5.60 Å². The molecule has 1 heterocycles. The van der Waals surface area contributed by atoms with Gasteiger partial charge in [-0.15, -0.1) is 0 Å². The molecule has 7 heteroatoms. The highest BCUT2D eigenvalue weighted by atomic mass is 35.5. The van der Waals surface area contributed by atoms with Crippen molar-refractivity contribution in [3.05, 3.63) is 74.3 Å². The van der Waals surface area contributed by atoms with E-state index in [0.29, 0.717) is 22.3 Å². The van der Waals surface area contributed by atoms with Crippen LogP contribution in [0.4, 0.5) is 8.78 Å². The summed E-state index contributed by atoms with van der Waals surface area (Å²) in [5.41, 5.74) is -0.0308. The summed E-state index contributed by atoms with van der Waals surface area (Å²) in [7, 11) is 0. The Bertz CT molecular complexity index is 1100. The van der Waals surface area contributed by atoms with Crippen molar-refractivity contribution in [1.82, 2.24) is 0 Å². The average molecular weight is 453 g/mol. The van der Waals surface area contributed by atoms with Crippen molar-refractivity contribution >= 4 is 34.7 Å². The number of fused-ring (bicyclic) bond motifs is 2. The quantitative estimate of drug-likeness (QED) is 0.477. The van der Waals surface area contributed by atoms with Crippen LogP contribution in [0, 0.1) is 6.92 Å². The van der Waals surface area contributed by atoms with Crippen LogP contribution in [-0.2, 0) is 21.0 Å². The van der Waals surface area contributed by atoms with Gasteiger partial charge in [-0.25, -0.2) is 4.79 Å². The van der Waals surface area contributed by atoms with Crippen molar-refractivity contribution in [2.24, 2.45) is 0 Å². The number of rotatable bonds is 2. The van der Waals surface area contributed by atoms with E-state index in [1.54, 1.807) is 45.9 Å². The van der Waals surface area contributed by atoms with Gasteiger partial charge < -0.3 is 9.47 Å². The van der Waals surface area contributed by atoms with E-state index >= 15 is 8.78 Å². The van der Waals surface area contributed by atoms with Crippen molar-refractivity contribution in [2.45, 2.75) is 44.8 Å². The predicted molar refractivity (Wildman–Crippen MR) is 112 cm³/mol. The second-order valence-corrected chi connectivity index (χ2v) is 9.45. The van der Waals surface area contributed by atoms with Crippen molar-refractivity contribution in [3.8, 4) is 0 Å². The van der Waals surface area contributed by atoms with Crippen LogP contribution in [0.25, 0.3) is 5.57 Å². The number of carbonyl (C=O) groups excluding carboxylic acids is 1. The molecule has 1 atom stereocenters. The zero-order valence-corrected chi connectivity index (χ0v) is 18.4. The lowest BCUT2D eigenvalue weighted by Crippen LogP contribution is -2.52. The van der Waals surface area contributed by atoms with Gasteiger partial charge >= 0.3 is 11.9 Å². The fourth-order valence-corrected chi connectivity index (χ4v) is 4.54. The van der Waals surface area contributed by atoms with Crippen LogP contribution < -0.4 is 0 Å². The molecule has 1 aliphatic carbocycles. The molecule has 0 bridgehead atoms. The lowest BCUT2D eigenvalue weighted by Gasteiger charge is -2.46. The molecule has 4 rings (SSSR count). The third-order valence-electron chi connectivity index (χ3n) is 5.28. The van der Waals surface area contributed by atoms with Crippen LogP contribution in [0.15, 0.2) is 36.4 Å². The first kappa shape index (κ1) is 21.3. The molecule has 2 aromatic carbocycles. The van der Waals surface area contributed by atoms with Crippen LogP contribution in [0.1, 0.15) is 53.4 Å². The molecule has 0 aromatic heterocycles. The number of benzene rings is 2. The lowest BCUT2D eigenvalue weighted by atomic mass is 9.69. The van der Waals surface area contributed by atoms with Crippen molar-refractivity contribution < 1.29 is 23.0 Å². The number of aryl methyl sites for hydroxylation is 1. The van der Waals surface area contributed by atoms with E-state index in [2.05, 4.69) is 0 Å². The fraction of sp³-hybridized carbons (Fsp3) is 0.348. The first-order chi connectivity index (χ1) is 13.9. The van der Waals surface area contributed by atoms with Gasteiger partial charge in [-0.05, 0) is 68.7 Å². The topological polar surface area (TPSA) is 35.5 Å². The van der Waals surface area contributed by atoms with Crippen LogP contribution in [0.3, 0.4) is 0 Å². The minimum atomic E-state index is -3.27. The molecule has 30 heavy (non-hydrogen) atoms. The summed E-state index contributed by atoms with van der Waals surface area (Å²) in [5, 5.41) is 0.202. The highest BCUT2D eigenvalue weighted by molar-refractivity contribution is 6.35. The van der Waals surface area contributed by atoms with Crippen LogP contribution in [0.5, 0.6) is 0 Å². The van der Waals surface area contributed by atoms with Crippen molar-refractivity contribution in [1.29, 1.82) is 0 Å². The average Bonchev–Trinajstić information content (AvgIpc) is 3.07. The molecule has 0 fully saturated rings. The van der Waals surface area contributed by atoms with E-state index in [0.717, 1.165) is 0 Å². The van der Waals surface area contributed by atoms with E-state index in [-0.39, 0.29) is 27.8 Å². The molecule has 2 aromatic rings. The monoisotopic (exact) mass is 452 g/mol. The number of halogens is 4.